The Morgan fingerprint density at radius 1 is 1.38 bits per heavy atom. The minimum absolute atomic E-state index is 0.111. The van der Waals surface area contributed by atoms with Gasteiger partial charge in [-0.2, -0.15) is 0 Å². The molecule has 76 valence electrons. The molecule has 0 heterocycles. The summed E-state index contributed by atoms with van der Waals surface area (Å²) >= 11 is 0. The summed E-state index contributed by atoms with van der Waals surface area (Å²) < 4.78 is 10.0. The Labute approximate surface area is 79.4 Å². The molecule has 1 fully saturated rings. The van der Waals surface area contributed by atoms with Crippen molar-refractivity contribution in [2.75, 3.05) is 6.61 Å². The molecule has 0 aliphatic heterocycles. The molecule has 1 saturated carbocycles. The van der Waals surface area contributed by atoms with Crippen LogP contribution in [-0.2, 0) is 9.47 Å². The molecule has 13 heavy (non-hydrogen) atoms. The van der Waals surface area contributed by atoms with Gasteiger partial charge in [-0.05, 0) is 31.6 Å². The van der Waals surface area contributed by atoms with E-state index in [4.69, 9.17) is 9.47 Å². The quantitative estimate of drug-likeness (QED) is 0.636. The van der Waals surface area contributed by atoms with Crippen molar-refractivity contribution in [2.45, 2.75) is 45.6 Å². The van der Waals surface area contributed by atoms with Gasteiger partial charge in [0.1, 0.15) is 6.10 Å². The molecular weight excluding hydrogens is 168 g/mol. The smallest absolute Gasteiger partial charge is 0.434 e. The first-order chi connectivity index (χ1) is 6.18. The highest BCUT2D eigenvalue weighted by Crippen LogP contribution is 2.21. The van der Waals surface area contributed by atoms with Crippen LogP contribution >= 0.6 is 0 Å². The van der Waals surface area contributed by atoms with E-state index in [1.807, 2.05) is 13.8 Å². The lowest BCUT2D eigenvalue weighted by atomic mass is 10.2. The van der Waals surface area contributed by atoms with E-state index in [0.29, 0.717) is 12.5 Å². The predicted molar refractivity (Wildman–Crippen MR) is 49.5 cm³/mol. The second-order valence-electron chi connectivity index (χ2n) is 3.98. The Balaban J connectivity index is 2.09. The van der Waals surface area contributed by atoms with E-state index in [1.54, 1.807) is 0 Å². The maximum absolute atomic E-state index is 11.1. The van der Waals surface area contributed by atoms with E-state index < -0.39 is 6.16 Å². The Morgan fingerprint density at radius 2 is 2.00 bits per heavy atom. The fourth-order valence-corrected chi connectivity index (χ4v) is 1.41. The van der Waals surface area contributed by atoms with Crippen LogP contribution in [0.3, 0.4) is 0 Å². The molecule has 0 atom stereocenters. The minimum Gasteiger partial charge on any atom is -0.434 e. The lowest BCUT2D eigenvalue weighted by Crippen LogP contribution is -2.17. The van der Waals surface area contributed by atoms with E-state index in [2.05, 4.69) is 0 Å². The van der Waals surface area contributed by atoms with Crippen molar-refractivity contribution in [3.63, 3.8) is 0 Å². The summed E-state index contributed by atoms with van der Waals surface area (Å²) in [5.74, 6) is 0.371. The van der Waals surface area contributed by atoms with Crippen molar-refractivity contribution in [1.82, 2.24) is 0 Å². The molecule has 1 aliphatic carbocycles. The van der Waals surface area contributed by atoms with E-state index in [9.17, 15) is 4.79 Å². The molecule has 0 saturated heterocycles. The molecule has 0 radical (unpaired) electrons. The van der Waals surface area contributed by atoms with Crippen molar-refractivity contribution in [1.29, 1.82) is 0 Å². The topological polar surface area (TPSA) is 35.5 Å². The van der Waals surface area contributed by atoms with Crippen molar-refractivity contribution < 1.29 is 14.3 Å². The Kier molecular flexibility index (Phi) is 4.06. The standard InChI is InChI=1S/C10H18O3/c1-8(2)7-12-10(11)13-9-5-3-4-6-9/h8-9H,3-7H2,1-2H3. The van der Waals surface area contributed by atoms with Gasteiger partial charge in [-0.1, -0.05) is 13.8 Å². The van der Waals surface area contributed by atoms with Gasteiger partial charge >= 0.3 is 6.16 Å². The van der Waals surface area contributed by atoms with Crippen LogP contribution in [0.25, 0.3) is 0 Å². The zero-order valence-electron chi connectivity index (χ0n) is 8.41. The summed E-state index contributed by atoms with van der Waals surface area (Å²) in [6, 6.07) is 0. The van der Waals surface area contributed by atoms with Gasteiger partial charge in [0.15, 0.2) is 0 Å². The van der Waals surface area contributed by atoms with Gasteiger partial charge in [0.25, 0.3) is 0 Å². The van der Waals surface area contributed by atoms with Crippen LogP contribution in [0.1, 0.15) is 39.5 Å². The fraction of sp³-hybridized carbons (Fsp3) is 0.900. The van der Waals surface area contributed by atoms with Gasteiger partial charge in [0.05, 0.1) is 6.61 Å². The second-order valence-corrected chi connectivity index (χ2v) is 3.98. The Hall–Kier alpha value is -0.730. The molecule has 0 amide bonds. The van der Waals surface area contributed by atoms with Crippen LogP contribution < -0.4 is 0 Å². The minimum atomic E-state index is -0.499. The van der Waals surface area contributed by atoms with E-state index in [0.717, 1.165) is 12.8 Å². The summed E-state index contributed by atoms with van der Waals surface area (Å²) in [5.41, 5.74) is 0. The number of hydrogen-bond donors (Lipinski definition) is 0. The molecule has 0 aromatic heterocycles. The number of ether oxygens (including phenoxy) is 2. The molecule has 0 unspecified atom stereocenters. The third-order valence-electron chi connectivity index (χ3n) is 2.10. The second kappa shape index (κ2) is 5.10. The molecule has 0 spiro atoms. The number of carbonyl (C=O) groups is 1. The molecule has 1 aliphatic rings. The van der Waals surface area contributed by atoms with Crippen LogP contribution in [-0.4, -0.2) is 18.9 Å². The highest BCUT2D eigenvalue weighted by Gasteiger charge is 2.19. The molecule has 0 aromatic rings. The monoisotopic (exact) mass is 186 g/mol. The lowest BCUT2D eigenvalue weighted by Gasteiger charge is -2.12. The number of rotatable bonds is 3. The lowest BCUT2D eigenvalue weighted by molar-refractivity contribution is 0.0198. The Morgan fingerprint density at radius 3 is 2.54 bits per heavy atom. The summed E-state index contributed by atoms with van der Waals surface area (Å²) in [4.78, 5) is 11.1. The van der Waals surface area contributed by atoms with E-state index in [1.165, 1.54) is 12.8 Å². The zero-order chi connectivity index (χ0) is 9.68. The van der Waals surface area contributed by atoms with Gasteiger partial charge in [-0.3, -0.25) is 0 Å². The molecular formula is C10H18O3. The zero-order valence-corrected chi connectivity index (χ0v) is 8.41. The van der Waals surface area contributed by atoms with Gasteiger partial charge in [0, 0.05) is 0 Å². The van der Waals surface area contributed by atoms with Gasteiger partial charge in [-0.25, -0.2) is 4.79 Å². The predicted octanol–water partition coefficient (Wildman–Crippen LogP) is 2.74. The summed E-state index contributed by atoms with van der Waals surface area (Å²) in [6.07, 6.45) is 3.94. The molecule has 0 bridgehead atoms. The van der Waals surface area contributed by atoms with Crippen LogP contribution in [0.2, 0.25) is 0 Å². The largest absolute Gasteiger partial charge is 0.508 e. The number of hydrogen-bond acceptors (Lipinski definition) is 3. The first-order valence-electron chi connectivity index (χ1n) is 5.02. The highest BCUT2D eigenvalue weighted by atomic mass is 16.7. The Bertz CT molecular complexity index is 160. The first-order valence-corrected chi connectivity index (χ1v) is 5.02. The summed E-state index contributed by atoms with van der Waals surface area (Å²) in [7, 11) is 0. The third-order valence-corrected chi connectivity index (χ3v) is 2.10. The van der Waals surface area contributed by atoms with E-state index >= 15 is 0 Å². The van der Waals surface area contributed by atoms with Crippen molar-refractivity contribution >= 4 is 6.16 Å². The molecule has 3 heteroatoms. The van der Waals surface area contributed by atoms with Crippen LogP contribution in [0.5, 0.6) is 0 Å². The maximum Gasteiger partial charge on any atom is 0.508 e. The van der Waals surface area contributed by atoms with E-state index in [-0.39, 0.29) is 6.10 Å². The molecule has 0 aromatic carbocycles. The highest BCUT2D eigenvalue weighted by molar-refractivity contribution is 5.60. The van der Waals surface area contributed by atoms with Gasteiger partial charge < -0.3 is 9.47 Å². The SMILES string of the molecule is CC(C)COC(=O)OC1CCCC1. The van der Waals surface area contributed by atoms with Crippen molar-refractivity contribution in [3.05, 3.63) is 0 Å². The molecule has 0 N–H and O–H groups in total. The summed E-state index contributed by atoms with van der Waals surface area (Å²) in [6.45, 7) is 4.46. The van der Waals surface area contributed by atoms with Crippen molar-refractivity contribution in [2.24, 2.45) is 5.92 Å². The average molecular weight is 186 g/mol. The summed E-state index contributed by atoms with van der Waals surface area (Å²) in [5, 5.41) is 0. The average Bonchev–Trinajstić information content (AvgIpc) is 2.53. The first kappa shape index (κ1) is 10.4. The van der Waals surface area contributed by atoms with Crippen LogP contribution in [0.15, 0.2) is 0 Å². The molecule has 1 rings (SSSR count). The molecule has 3 nitrogen and oxygen atoms in total. The third kappa shape index (κ3) is 4.15. The normalized spacial score (nSPS) is 17.8. The maximum atomic E-state index is 11.1. The number of carbonyl (C=O) groups excluding carboxylic acids is 1. The van der Waals surface area contributed by atoms with Gasteiger partial charge in [0.2, 0.25) is 0 Å². The fourth-order valence-electron chi connectivity index (χ4n) is 1.41. The van der Waals surface area contributed by atoms with Gasteiger partial charge in [-0.15, -0.1) is 0 Å². The van der Waals surface area contributed by atoms with Crippen LogP contribution in [0, 0.1) is 5.92 Å². The van der Waals surface area contributed by atoms with Crippen molar-refractivity contribution in [3.8, 4) is 0 Å². The van der Waals surface area contributed by atoms with Crippen LogP contribution in [0.4, 0.5) is 4.79 Å².